The van der Waals surface area contributed by atoms with Gasteiger partial charge < -0.3 is 10.4 Å². The van der Waals surface area contributed by atoms with Crippen molar-refractivity contribution >= 4 is 11.9 Å². The highest BCUT2D eigenvalue weighted by Gasteiger charge is 2.46. The minimum absolute atomic E-state index is 0.116. The number of rotatable bonds is 3. The molecule has 21 heavy (non-hydrogen) atoms. The van der Waals surface area contributed by atoms with E-state index in [0.29, 0.717) is 6.42 Å². The predicted octanol–water partition coefficient (Wildman–Crippen LogP) is 3.21. The van der Waals surface area contributed by atoms with Crippen LogP contribution < -0.4 is 5.32 Å². The zero-order valence-corrected chi connectivity index (χ0v) is 13.5. The molecule has 0 saturated heterocycles. The van der Waals surface area contributed by atoms with Gasteiger partial charge in [-0.15, -0.1) is 0 Å². The van der Waals surface area contributed by atoms with E-state index in [2.05, 4.69) is 12.2 Å². The number of hydrogen-bond acceptors (Lipinski definition) is 2. The zero-order valence-electron chi connectivity index (χ0n) is 13.5. The highest BCUT2D eigenvalue weighted by Crippen LogP contribution is 2.45. The summed E-state index contributed by atoms with van der Waals surface area (Å²) in [5.41, 5.74) is -0.283. The molecule has 4 nitrogen and oxygen atoms in total. The van der Waals surface area contributed by atoms with Gasteiger partial charge in [0.2, 0.25) is 5.91 Å². The molecule has 2 rings (SSSR count). The average molecular weight is 295 g/mol. The Balaban J connectivity index is 1.98. The zero-order chi connectivity index (χ0) is 15.6. The molecule has 2 fully saturated rings. The first-order valence-corrected chi connectivity index (χ1v) is 8.37. The molecule has 0 aromatic carbocycles. The van der Waals surface area contributed by atoms with Crippen molar-refractivity contribution in [2.75, 3.05) is 0 Å². The number of amides is 1. The fourth-order valence-electron chi connectivity index (χ4n) is 4.11. The topological polar surface area (TPSA) is 66.4 Å². The number of carboxylic acids is 1. The first-order chi connectivity index (χ1) is 9.84. The van der Waals surface area contributed by atoms with Gasteiger partial charge in [0.25, 0.3) is 0 Å². The van der Waals surface area contributed by atoms with Gasteiger partial charge in [-0.2, -0.15) is 0 Å². The van der Waals surface area contributed by atoms with Crippen molar-refractivity contribution in [3.8, 4) is 0 Å². The highest BCUT2D eigenvalue weighted by atomic mass is 16.4. The minimum atomic E-state index is -0.705. The van der Waals surface area contributed by atoms with Crippen LogP contribution in [0.3, 0.4) is 0 Å². The van der Waals surface area contributed by atoms with E-state index < -0.39 is 5.97 Å². The summed E-state index contributed by atoms with van der Waals surface area (Å²) in [6, 6.07) is 0.116. The maximum atomic E-state index is 12.4. The monoisotopic (exact) mass is 295 g/mol. The van der Waals surface area contributed by atoms with Crippen LogP contribution in [0, 0.1) is 23.2 Å². The van der Waals surface area contributed by atoms with E-state index in [1.165, 1.54) is 6.42 Å². The SMILES string of the molecule is CC1C(NC(=O)C2CCCCC2)CCC(C(=O)O)C1(C)C. The maximum absolute atomic E-state index is 12.4. The molecule has 2 aliphatic rings. The maximum Gasteiger partial charge on any atom is 0.307 e. The van der Waals surface area contributed by atoms with Crippen LogP contribution in [0.1, 0.15) is 65.7 Å². The van der Waals surface area contributed by atoms with Gasteiger partial charge in [-0.25, -0.2) is 0 Å². The molecule has 4 heteroatoms. The van der Waals surface area contributed by atoms with E-state index in [0.717, 1.165) is 32.1 Å². The van der Waals surface area contributed by atoms with Crippen molar-refractivity contribution in [2.45, 2.75) is 71.8 Å². The van der Waals surface area contributed by atoms with Crippen LogP contribution in [0.5, 0.6) is 0 Å². The normalized spacial score (nSPS) is 33.4. The number of hydrogen-bond donors (Lipinski definition) is 2. The number of carbonyl (C=O) groups excluding carboxylic acids is 1. The van der Waals surface area contributed by atoms with Gasteiger partial charge in [-0.3, -0.25) is 9.59 Å². The molecule has 3 unspecified atom stereocenters. The summed E-state index contributed by atoms with van der Waals surface area (Å²) in [6.07, 6.45) is 7.01. The van der Waals surface area contributed by atoms with E-state index in [-0.39, 0.29) is 35.1 Å². The van der Waals surface area contributed by atoms with Gasteiger partial charge in [-0.05, 0) is 37.0 Å². The number of carbonyl (C=O) groups is 2. The molecule has 0 aliphatic heterocycles. The Morgan fingerprint density at radius 2 is 1.67 bits per heavy atom. The molecule has 120 valence electrons. The van der Waals surface area contributed by atoms with Crippen molar-refractivity contribution in [1.29, 1.82) is 0 Å². The molecule has 3 atom stereocenters. The summed E-state index contributed by atoms with van der Waals surface area (Å²) in [6.45, 7) is 6.13. The number of nitrogens with one attached hydrogen (secondary N) is 1. The van der Waals surface area contributed by atoms with Crippen LogP contribution in [0.4, 0.5) is 0 Å². The number of aliphatic carboxylic acids is 1. The summed E-state index contributed by atoms with van der Waals surface area (Å²) in [4.78, 5) is 23.8. The van der Waals surface area contributed by atoms with Crippen molar-refractivity contribution in [2.24, 2.45) is 23.2 Å². The van der Waals surface area contributed by atoms with E-state index in [4.69, 9.17) is 0 Å². The van der Waals surface area contributed by atoms with Crippen molar-refractivity contribution in [1.82, 2.24) is 5.32 Å². The second kappa shape index (κ2) is 6.37. The van der Waals surface area contributed by atoms with Gasteiger partial charge in [-0.1, -0.05) is 40.0 Å². The summed E-state index contributed by atoms with van der Waals surface area (Å²) >= 11 is 0. The Morgan fingerprint density at radius 3 is 2.24 bits per heavy atom. The van der Waals surface area contributed by atoms with Crippen LogP contribution in [0.25, 0.3) is 0 Å². The van der Waals surface area contributed by atoms with E-state index in [9.17, 15) is 14.7 Å². The Kier molecular flexibility index (Phi) is 4.95. The Hall–Kier alpha value is -1.06. The largest absolute Gasteiger partial charge is 0.481 e. The quantitative estimate of drug-likeness (QED) is 0.840. The van der Waals surface area contributed by atoms with Crippen LogP contribution in [-0.4, -0.2) is 23.0 Å². The van der Waals surface area contributed by atoms with Gasteiger partial charge >= 0.3 is 5.97 Å². The van der Waals surface area contributed by atoms with Crippen LogP contribution in [-0.2, 0) is 9.59 Å². The third-order valence-electron chi connectivity index (χ3n) is 6.04. The van der Waals surface area contributed by atoms with Crippen molar-refractivity contribution in [3.05, 3.63) is 0 Å². The van der Waals surface area contributed by atoms with Crippen LogP contribution >= 0.6 is 0 Å². The number of carboxylic acid groups (broad SMARTS) is 1. The molecule has 1 amide bonds. The van der Waals surface area contributed by atoms with Gasteiger partial charge in [0.05, 0.1) is 5.92 Å². The van der Waals surface area contributed by atoms with Crippen LogP contribution in [0.2, 0.25) is 0 Å². The molecule has 0 aromatic heterocycles. The highest BCUT2D eigenvalue weighted by molar-refractivity contribution is 5.79. The molecule has 0 heterocycles. The standard InChI is InChI=1S/C17H29NO3/c1-11-14(10-9-13(16(20)21)17(11,2)3)18-15(19)12-7-5-4-6-8-12/h11-14H,4-10H2,1-3H3,(H,18,19)(H,20,21). The first kappa shape index (κ1) is 16.3. The van der Waals surface area contributed by atoms with Gasteiger partial charge in [0, 0.05) is 12.0 Å². The molecule has 0 bridgehead atoms. The molecule has 2 saturated carbocycles. The smallest absolute Gasteiger partial charge is 0.307 e. The van der Waals surface area contributed by atoms with Crippen LogP contribution in [0.15, 0.2) is 0 Å². The molecule has 2 N–H and O–H groups in total. The first-order valence-electron chi connectivity index (χ1n) is 8.37. The molecule has 0 spiro atoms. The summed E-state index contributed by atoms with van der Waals surface area (Å²) in [5.74, 6) is -0.471. The Bertz CT molecular complexity index is 399. The Labute approximate surface area is 127 Å². The lowest BCUT2D eigenvalue weighted by molar-refractivity contribution is -0.150. The third kappa shape index (κ3) is 3.41. The Morgan fingerprint density at radius 1 is 1.05 bits per heavy atom. The lowest BCUT2D eigenvalue weighted by Gasteiger charge is -2.46. The van der Waals surface area contributed by atoms with Gasteiger partial charge in [0.1, 0.15) is 0 Å². The molecular formula is C17H29NO3. The predicted molar refractivity (Wildman–Crippen MR) is 81.8 cm³/mol. The third-order valence-corrected chi connectivity index (χ3v) is 6.04. The summed E-state index contributed by atoms with van der Waals surface area (Å²) < 4.78 is 0. The fourth-order valence-corrected chi connectivity index (χ4v) is 4.11. The second-order valence-electron chi connectivity index (χ2n) is 7.53. The van der Waals surface area contributed by atoms with E-state index in [1.54, 1.807) is 0 Å². The summed E-state index contributed by atoms with van der Waals surface area (Å²) in [7, 11) is 0. The lowest BCUT2D eigenvalue weighted by atomic mass is 9.61. The second-order valence-corrected chi connectivity index (χ2v) is 7.53. The molecule has 2 aliphatic carbocycles. The van der Waals surface area contributed by atoms with Crippen molar-refractivity contribution < 1.29 is 14.7 Å². The fraction of sp³-hybridized carbons (Fsp3) is 0.882. The van der Waals surface area contributed by atoms with E-state index in [1.807, 2.05) is 13.8 Å². The lowest BCUT2D eigenvalue weighted by Crippen LogP contribution is -2.53. The molecule has 0 aromatic rings. The van der Waals surface area contributed by atoms with Crippen molar-refractivity contribution in [3.63, 3.8) is 0 Å². The average Bonchev–Trinajstić information content (AvgIpc) is 2.44. The molecular weight excluding hydrogens is 266 g/mol. The minimum Gasteiger partial charge on any atom is -0.481 e. The molecule has 0 radical (unpaired) electrons. The van der Waals surface area contributed by atoms with Gasteiger partial charge in [0.15, 0.2) is 0 Å². The summed E-state index contributed by atoms with van der Waals surface area (Å²) in [5, 5.41) is 12.6. The van der Waals surface area contributed by atoms with E-state index >= 15 is 0 Å².